The number of halogens is 2. The molecule has 0 atom stereocenters. The first kappa shape index (κ1) is 16.6. The minimum absolute atomic E-state index is 0.00810. The number of benzene rings is 2. The summed E-state index contributed by atoms with van der Waals surface area (Å²) in [5.41, 5.74) is 0.455. The van der Waals surface area contributed by atoms with Crippen LogP contribution in [0.4, 0.5) is 8.78 Å². The minimum atomic E-state index is -0.846. The number of ketones is 1. The van der Waals surface area contributed by atoms with Crippen molar-refractivity contribution in [3.63, 3.8) is 0 Å². The van der Waals surface area contributed by atoms with Gasteiger partial charge in [0.25, 0.3) is 0 Å². The fourth-order valence-electron chi connectivity index (χ4n) is 2.18. The van der Waals surface area contributed by atoms with Gasteiger partial charge in [-0.15, -0.1) is 5.10 Å². The summed E-state index contributed by atoms with van der Waals surface area (Å²) in [6.45, 7) is -0.421. The van der Waals surface area contributed by atoms with E-state index in [9.17, 15) is 18.4 Å². The van der Waals surface area contributed by atoms with E-state index >= 15 is 0 Å². The first-order valence-electron chi connectivity index (χ1n) is 7.18. The molecule has 0 unspecified atom stereocenters. The van der Waals surface area contributed by atoms with E-state index in [2.05, 4.69) is 5.10 Å². The number of methoxy groups -OCH3 is 1. The van der Waals surface area contributed by atoms with Gasteiger partial charge in [0.15, 0.2) is 17.3 Å². The topological polar surface area (TPSA) is 74.3 Å². The van der Waals surface area contributed by atoms with Gasteiger partial charge in [0.1, 0.15) is 12.4 Å². The SMILES string of the molecule is COc1ccc(C(=O)Cn2nc(-c3ccc(F)cc3)oc2=O)cc1F. The van der Waals surface area contributed by atoms with Gasteiger partial charge in [0.05, 0.1) is 7.11 Å². The quantitative estimate of drug-likeness (QED) is 0.664. The van der Waals surface area contributed by atoms with E-state index in [1.54, 1.807) is 0 Å². The molecule has 3 aromatic rings. The van der Waals surface area contributed by atoms with Crippen LogP contribution in [0.3, 0.4) is 0 Å². The Kier molecular flexibility index (Phi) is 4.42. The number of ether oxygens (including phenoxy) is 1. The Bertz CT molecular complexity index is 977. The Morgan fingerprint density at radius 2 is 1.92 bits per heavy atom. The van der Waals surface area contributed by atoms with Crippen molar-refractivity contribution >= 4 is 5.78 Å². The van der Waals surface area contributed by atoms with Crippen molar-refractivity contribution < 1.29 is 22.7 Å². The van der Waals surface area contributed by atoms with Crippen LogP contribution < -0.4 is 10.5 Å². The number of hydrogen-bond acceptors (Lipinski definition) is 5. The zero-order valence-electron chi connectivity index (χ0n) is 13.0. The molecule has 0 radical (unpaired) electrons. The molecule has 25 heavy (non-hydrogen) atoms. The van der Waals surface area contributed by atoms with E-state index in [4.69, 9.17) is 9.15 Å². The molecule has 0 N–H and O–H groups in total. The predicted octanol–water partition coefficient (Wildman–Crippen LogP) is 2.67. The number of hydrogen-bond donors (Lipinski definition) is 0. The first-order chi connectivity index (χ1) is 12.0. The van der Waals surface area contributed by atoms with Crippen LogP contribution in [0.2, 0.25) is 0 Å². The highest BCUT2D eigenvalue weighted by atomic mass is 19.1. The van der Waals surface area contributed by atoms with Gasteiger partial charge < -0.3 is 9.15 Å². The van der Waals surface area contributed by atoms with Crippen molar-refractivity contribution in [1.29, 1.82) is 0 Å². The lowest BCUT2D eigenvalue weighted by atomic mass is 10.1. The van der Waals surface area contributed by atoms with Crippen LogP contribution in [0.1, 0.15) is 10.4 Å². The maximum Gasteiger partial charge on any atom is 0.437 e. The molecule has 8 heteroatoms. The van der Waals surface area contributed by atoms with E-state index in [1.165, 1.54) is 43.5 Å². The van der Waals surface area contributed by atoms with Gasteiger partial charge in [-0.25, -0.2) is 13.6 Å². The molecule has 0 fully saturated rings. The van der Waals surface area contributed by atoms with Crippen molar-refractivity contribution in [2.45, 2.75) is 6.54 Å². The molecule has 0 aliphatic carbocycles. The highest BCUT2D eigenvalue weighted by Crippen LogP contribution is 2.19. The second-order valence-corrected chi connectivity index (χ2v) is 5.11. The summed E-state index contributed by atoms with van der Waals surface area (Å²) in [6.07, 6.45) is 0. The number of nitrogens with zero attached hydrogens (tertiary/aromatic N) is 2. The monoisotopic (exact) mass is 346 g/mol. The molecular weight excluding hydrogens is 334 g/mol. The molecule has 0 amide bonds. The van der Waals surface area contributed by atoms with Crippen LogP contribution in [0.15, 0.2) is 51.7 Å². The molecule has 0 aliphatic heterocycles. The lowest BCUT2D eigenvalue weighted by Crippen LogP contribution is -2.21. The van der Waals surface area contributed by atoms with E-state index in [0.29, 0.717) is 5.56 Å². The smallest absolute Gasteiger partial charge is 0.437 e. The largest absolute Gasteiger partial charge is 0.494 e. The summed E-state index contributed by atoms with van der Waals surface area (Å²) in [5.74, 6) is -2.54. The van der Waals surface area contributed by atoms with Crippen LogP contribution >= 0.6 is 0 Å². The van der Waals surface area contributed by atoms with Crippen molar-refractivity contribution in [1.82, 2.24) is 9.78 Å². The Morgan fingerprint density at radius 1 is 1.20 bits per heavy atom. The summed E-state index contributed by atoms with van der Waals surface area (Å²) in [6, 6.07) is 8.90. The zero-order valence-corrected chi connectivity index (χ0v) is 13.0. The Labute approximate surface area is 140 Å². The molecule has 3 rings (SSSR count). The molecular formula is C17H12F2N2O4. The third kappa shape index (κ3) is 3.47. The summed E-state index contributed by atoms with van der Waals surface area (Å²) < 4.78 is 37.2. The van der Waals surface area contributed by atoms with Crippen molar-refractivity contribution in [2.24, 2.45) is 0 Å². The van der Waals surface area contributed by atoms with Gasteiger partial charge in [0, 0.05) is 11.1 Å². The molecule has 0 bridgehead atoms. The minimum Gasteiger partial charge on any atom is -0.494 e. The third-order valence-corrected chi connectivity index (χ3v) is 3.46. The first-order valence-corrected chi connectivity index (χ1v) is 7.18. The van der Waals surface area contributed by atoms with Gasteiger partial charge in [-0.3, -0.25) is 4.79 Å². The lowest BCUT2D eigenvalue weighted by Gasteiger charge is -2.04. The number of rotatable bonds is 5. The summed E-state index contributed by atoms with van der Waals surface area (Å²) in [7, 11) is 1.31. The maximum absolute atomic E-state index is 13.7. The molecule has 0 spiro atoms. The van der Waals surface area contributed by atoms with Crippen LogP contribution in [-0.2, 0) is 6.54 Å². The van der Waals surface area contributed by atoms with Gasteiger partial charge in [0.2, 0.25) is 5.89 Å². The Hall–Kier alpha value is -3.29. The predicted molar refractivity (Wildman–Crippen MR) is 83.4 cm³/mol. The highest BCUT2D eigenvalue weighted by Gasteiger charge is 2.16. The zero-order chi connectivity index (χ0) is 18.0. The highest BCUT2D eigenvalue weighted by molar-refractivity contribution is 5.96. The van der Waals surface area contributed by atoms with Crippen LogP contribution in [0.25, 0.3) is 11.5 Å². The van der Waals surface area contributed by atoms with Gasteiger partial charge in [-0.05, 0) is 42.5 Å². The molecule has 128 valence electrons. The second-order valence-electron chi connectivity index (χ2n) is 5.11. The van der Waals surface area contributed by atoms with Crippen LogP contribution in [0.5, 0.6) is 5.75 Å². The van der Waals surface area contributed by atoms with Crippen LogP contribution in [-0.4, -0.2) is 22.7 Å². The van der Waals surface area contributed by atoms with Gasteiger partial charge in [-0.2, -0.15) is 4.68 Å². The number of aromatic nitrogens is 2. The Morgan fingerprint density at radius 3 is 2.56 bits per heavy atom. The maximum atomic E-state index is 13.7. The fraction of sp³-hybridized carbons (Fsp3) is 0.118. The van der Waals surface area contributed by atoms with Gasteiger partial charge >= 0.3 is 5.76 Å². The van der Waals surface area contributed by atoms with E-state index in [-0.39, 0.29) is 17.2 Å². The molecule has 2 aromatic carbocycles. The average molecular weight is 346 g/mol. The van der Waals surface area contributed by atoms with E-state index in [1.807, 2.05) is 0 Å². The summed E-state index contributed by atoms with van der Waals surface area (Å²) >= 11 is 0. The van der Waals surface area contributed by atoms with Crippen molar-refractivity contribution in [3.05, 3.63) is 70.2 Å². The lowest BCUT2D eigenvalue weighted by molar-refractivity contribution is 0.0964. The van der Waals surface area contributed by atoms with E-state index in [0.717, 1.165) is 10.7 Å². The van der Waals surface area contributed by atoms with Crippen molar-refractivity contribution in [2.75, 3.05) is 7.11 Å². The second kappa shape index (κ2) is 6.68. The fourth-order valence-corrected chi connectivity index (χ4v) is 2.18. The Balaban J connectivity index is 1.83. The van der Waals surface area contributed by atoms with Crippen molar-refractivity contribution in [3.8, 4) is 17.2 Å². The normalized spacial score (nSPS) is 10.7. The number of carbonyl (C=O) groups is 1. The number of carbonyl (C=O) groups excluding carboxylic acids is 1. The standard InChI is InChI=1S/C17H12F2N2O4/c1-24-15-7-4-11(8-13(15)19)14(22)9-21-17(23)25-16(20-21)10-2-5-12(18)6-3-10/h2-8H,9H2,1H3. The van der Waals surface area contributed by atoms with Crippen LogP contribution in [0, 0.1) is 11.6 Å². The summed E-state index contributed by atoms with van der Waals surface area (Å²) in [5, 5.41) is 3.91. The number of Topliss-reactive ketones (excluding diaryl/α,β-unsaturated/α-hetero) is 1. The molecule has 0 saturated heterocycles. The third-order valence-electron chi connectivity index (χ3n) is 3.46. The molecule has 0 aliphatic rings. The molecule has 1 aromatic heterocycles. The molecule has 6 nitrogen and oxygen atoms in total. The summed E-state index contributed by atoms with van der Waals surface area (Å²) in [4.78, 5) is 24.0. The van der Waals surface area contributed by atoms with E-state index < -0.39 is 29.7 Å². The van der Waals surface area contributed by atoms with Gasteiger partial charge in [-0.1, -0.05) is 0 Å². The average Bonchev–Trinajstić information content (AvgIpc) is 2.96. The molecule has 1 heterocycles. The molecule has 0 saturated carbocycles.